The Morgan fingerprint density at radius 1 is 1.12 bits per heavy atom. The Morgan fingerprint density at radius 3 is 2.50 bits per heavy atom. The summed E-state index contributed by atoms with van der Waals surface area (Å²) in [5.41, 5.74) is 5.08. The lowest BCUT2D eigenvalue weighted by Crippen LogP contribution is -1.88. The molecule has 2 aromatic rings. The predicted molar refractivity (Wildman–Crippen MR) is 63.9 cm³/mol. The molecule has 0 N–H and O–H groups in total. The maximum absolute atomic E-state index is 8.70. The van der Waals surface area contributed by atoms with Gasteiger partial charge in [0.05, 0.1) is 11.3 Å². The third kappa shape index (κ3) is 1.94. The molecule has 0 bridgehead atoms. The van der Waals surface area contributed by atoms with E-state index < -0.39 is 0 Å². The highest BCUT2D eigenvalue weighted by molar-refractivity contribution is 5.64. The van der Waals surface area contributed by atoms with Crippen LogP contribution in [0.15, 0.2) is 36.5 Å². The van der Waals surface area contributed by atoms with Crippen LogP contribution < -0.4 is 0 Å². The molecule has 2 nitrogen and oxygen atoms in total. The number of aromatic nitrogens is 1. The summed E-state index contributed by atoms with van der Waals surface area (Å²) in [5.74, 6) is 0. The van der Waals surface area contributed by atoms with E-state index in [4.69, 9.17) is 5.26 Å². The van der Waals surface area contributed by atoms with Gasteiger partial charge in [-0.1, -0.05) is 23.8 Å². The maximum atomic E-state index is 8.70. The van der Waals surface area contributed by atoms with E-state index in [1.54, 1.807) is 12.3 Å². The summed E-state index contributed by atoms with van der Waals surface area (Å²) in [5, 5.41) is 8.70. The highest BCUT2D eigenvalue weighted by Gasteiger charge is 2.03. The lowest BCUT2D eigenvalue weighted by molar-refractivity contribution is 1.28. The third-order valence-electron chi connectivity index (χ3n) is 2.55. The zero-order chi connectivity index (χ0) is 11.5. The molecule has 0 saturated carbocycles. The first-order valence-electron chi connectivity index (χ1n) is 5.14. The highest BCUT2D eigenvalue weighted by atomic mass is 14.7. The molecule has 0 aliphatic heterocycles. The van der Waals surface area contributed by atoms with Gasteiger partial charge in [0.2, 0.25) is 0 Å². The van der Waals surface area contributed by atoms with E-state index >= 15 is 0 Å². The molecule has 2 heteroatoms. The standard InChI is InChI=1S/C14H12N2/c1-10-3-5-13(11(2)7-10)14-6-4-12(8-15)9-16-14/h3-7,9H,1-2H3. The van der Waals surface area contributed by atoms with Gasteiger partial charge >= 0.3 is 0 Å². The number of hydrogen-bond acceptors (Lipinski definition) is 2. The van der Waals surface area contributed by atoms with Crippen LogP contribution in [0.1, 0.15) is 16.7 Å². The normalized spacial score (nSPS) is 9.81. The van der Waals surface area contributed by atoms with Crippen molar-refractivity contribution < 1.29 is 0 Å². The average Bonchev–Trinajstić information content (AvgIpc) is 2.29. The van der Waals surface area contributed by atoms with Gasteiger partial charge in [-0.15, -0.1) is 0 Å². The van der Waals surface area contributed by atoms with E-state index in [1.165, 1.54) is 11.1 Å². The fourth-order valence-corrected chi connectivity index (χ4v) is 1.72. The number of pyridine rings is 1. The molecule has 0 saturated heterocycles. The van der Waals surface area contributed by atoms with Crippen molar-refractivity contribution in [2.45, 2.75) is 13.8 Å². The number of rotatable bonds is 1. The number of aryl methyl sites for hydroxylation is 2. The van der Waals surface area contributed by atoms with Gasteiger partial charge in [0, 0.05) is 11.8 Å². The fraction of sp³-hybridized carbons (Fsp3) is 0.143. The van der Waals surface area contributed by atoms with Crippen molar-refractivity contribution >= 4 is 0 Å². The molecule has 0 unspecified atom stereocenters. The Morgan fingerprint density at radius 2 is 1.94 bits per heavy atom. The van der Waals surface area contributed by atoms with Crippen molar-refractivity contribution in [1.29, 1.82) is 5.26 Å². The number of hydrogen-bond donors (Lipinski definition) is 0. The molecule has 1 aromatic heterocycles. The van der Waals surface area contributed by atoms with Crippen molar-refractivity contribution in [2.24, 2.45) is 0 Å². The molecule has 0 atom stereocenters. The minimum atomic E-state index is 0.591. The molecule has 78 valence electrons. The molecule has 0 spiro atoms. The van der Waals surface area contributed by atoms with Crippen LogP contribution >= 0.6 is 0 Å². The Labute approximate surface area is 95.2 Å². The number of benzene rings is 1. The summed E-state index contributed by atoms with van der Waals surface area (Å²) >= 11 is 0. The first-order chi connectivity index (χ1) is 7.70. The molecule has 2 rings (SSSR count). The van der Waals surface area contributed by atoms with E-state index in [-0.39, 0.29) is 0 Å². The minimum absolute atomic E-state index is 0.591. The van der Waals surface area contributed by atoms with Gasteiger partial charge in [-0.25, -0.2) is 0 Å². The van der Waals surface area contributed by atoms with E-state index in [9.17, 15) is 0 Å². The van der Waals surface area contributed by atoms with Gasteiger partial charge in [0.15, 0.2) is 0 Å². The molecular formula is C14H12N2. The van der Waals surface area contributed by atoms with Crippen molar-refractivity contribution in [3.05, 3.63) is 53.2 Å². The van der Waals surface area contributed by atoms with Crippen LogP contribution in [0.4, 0.5) is 0 Å². The third-order valence-corrected chi connectivity index (χ3v) is 2.55. The largest absolute Gasteiger partial charge is 0.255 e. The smallest absolute Gasteiger partial charge is 0.101 e. The lowest BCUT2D eigenvalue weighted by atomic mass is 10.0. The summed E-state index contributed by atoms with van der Waals surface area (Å²) in [4.78, 5) is 4.29. The van der Waals surface area contributed by atoms with Crippen molar-refractivity contribution in [3.63, 3.8) is 0 Å². The minimum Gasteiger partial charge on any atom is -0.255 e. The molecule has 0 aliphatic carbocycles. The first-order valence-corrected chi connectivity index (χ1v) is 5.14. The second-order valence-electron chi connectivity index (χ2n) is 3.86. The van der Waals surface area contributed by atoms with E-state index in [1.807, 2.05) is 6.07 Å². The Kier molecular flexibility index (Phi) is 2.70. The Hall–Kier alpha value is -2.14. The molecule has 1 aromatic carbocycles. The summed E-state index contributed by atoms with van der Waals surface area (Å²) in [6.45, 7) is 4.14. The van der Waals surface area contributed by atoms with Crippen LogP contribution in [-0.4, -0.2) is 4.98 Å². The van der Waals surface area contributed by atoms with Crippen LogP contribution in [-0.2, 0) is 0 Å². The summed E-state index contributed by atoms with van der Waals surface area (Å²) < 4.78 is 0. The summed E-state index contributed by atoms with van der Waals surface area (Å²) in [7, 11) is 0. The van der Waals surface area contributed by atoms with Crippen molar-refractivity contribution in [2.75, 3.05) is 0 Å². The molecule has 16 heavy (non-hydrogen) atoms. The SMILES string of the molecule is Cc1ccc(-c2ccc(C#N)cn2)c(C)c1. The molecular weight excluding hydrogens is 196 g/mol. The van der Waals surface area contributed by atoms with Crippen LogP contribution in [0, 0.1) is 25.2 Å². The van der Waals surface area contributed by atoms with E-state index in [0.29, 0.717) is 5.56 Å². The number of nitrogens with zero attached hydrogens (tertiary/aromatic N) is 2. The van der Waals surface area contributed by atoms with Gasteiger partial charge in [-0.05, 0) is 31.5 Å². The van der Waals surface area contributed by atoms with E-state index in [0.717, 1.165) is 11.3 Å². The zero-order valence-electron chi connectivity index (χ0n) is 9.36. The van der Waals surface area contributed by atoms with Crippen molar-refractivity contribution in [1.82, 2.24) is 4.98 Å². The first kappa shape index (κ1) is 10.4. The Bertz CT molecular complexity index is 548. The molecule has 0 radical (unpaired) electrons. The second-order valence-corrected chi connectivity index (χ2v) is 3.86. The van der Waals surface area contributed by atoms with Crippen LogP contribution in [0.3, 0.4) is 0 Å². The second kappa shape index (κ2) is 4.16. The quantitative estimate of drug-likeness (QED) is 0.721. The van der Waals surface area contributed by atoms with Gasteiger partial charge < -0.3 is 0 Å². The average molecular weight is 208 g/mol. The highest BCUT2D eigenvalue weighted by Crippen LogP contribution is 2.22. The lowest BCUT2D eigenvalue weighted by Gasteiger charge is -2.05. The monoisotopic (exact) mass is 208 g/mol. The Balaban J connectivity index is 2.47. The van der Waals surface area contributed by atoms with Gasteiger partial charge in [-0.3, -0.25) is 4.98 Å². The van der Waals surface area contributed by atoms with Crippen LogP contribution in [0.5, 0.6) is 0 Å². The molecule has 1 heterocycles. The zero-order valence-corrected chi connectivity index (χ0v) is 9.36. The van der Waals surface area contributed by atoms with Gasteiger partial charge in [-0.2, -0.15) is 5.26 Å². The summed E-state index contributed by atoms with van der Waals surface area (Å²) in [6.07, 6.45) is 1.61. The fourth-order valence-electron chi connectivity index (χ4n) is 1.72. The van der Waals surface area contributed by atoms with E-state index in [2.05, 4.69) is 43.1 Å². The van der Waals surface area contributed by atoms with Gasteiger partial charge in [0.25, 0.3) is 0 Å². The van der Waals surface area contributed by atoms with Crippen molar-refractivity contribution in [3.8, 4) is 17.3 Å². The maximum Gasteiger partial charge on any atom is 0.101 e. The molecule has 0 amide bonds. The number of nitriles is 1. The van der Waals surface area contributed by atoms with Crippen LogP contribution in [0.25, 0.3) is 11.3 Å². The molecule has 0 fully saturated rings. The van der Waals surface area contributed by atoms with Crippen LogP contribution in [0.2, 0.25) is 0 Å². The van der Waals surface area contributed by atoms with Gasteiger partial charge in [0.1, 0.15) is 6.07 Å². The predicted octanol–water partition coefficient (Wildman–Crippen LogP) is 3.24. The topological polar surface area (TPSA) is 36.7 Å². The molecule has 0 aliphatic rings. The summed E-state index contributed by atoms with van der Waals surface area (Å²) in [6, 6.07) is 12.0.